The minimum Gasteiger partial charge on any atom is -0.349 e. The van der Waals surface area contributed by atoms with Crippen molar-refractivity contribution in [1.29, 1.82) is 0 Å². The molecule has 0 fully saturated rings. The minimum atomic E-state index is -0.400. The second kappa shape index (κ2) is 7.41. The van der Waals surface area contributed by atoms with Crippen LogP contribution in [0.5, 0.6) is 0 Å². The highest BCUT2D eigenvalue weighted by Gasteiger charge is 2.13. The van der Waals surface area contributed by atoms with Gasteiger partial charge in [-0.3, -0.25) is 14.9 Å². The molecule has 0 radical (unpaired) electrons. The fourth-order valence-electron chi connectivity index (χ4n) is 2.68. The van der Waals surface area contributed by atoms with Crippen molar-refractivity contribution < 1.29 is 9.72 Å². The molecule has 1 amide bonds. The summed E-state index contributed by atoms with van der Waals surface area (Å²) in [4.78, 5) is 24.5. The van der Waals surface area contributed by atoms with Gasteiger partial charge in [-0.15, -0.1) is 0 Å². The Balaban J connectivity index is 2.46. The zero-order chi connectivity index (χ0) is 17.7. The summed E-state index contributed by atoms with van der Waals surface area (Å²) in [5.74, 6) is 0. The van der Waals surface area contributed by atoms with Crippen LogP contribution in [0.4, 0.5) is 5.69 Å². The number of nitro groups is 1. The van der Waals surface area contributed by atoms with Crippen molar-refractivity contribution in [3.63, 3.8) is 0 Å². The van der Waals surface area contributed by atoms with E-state index >= 15 is 0 Å². The van der Waals surface area contributed by atoms with E-state index in [1.165, 1.54) is 6.07 Å². The van der Waals surface area contributed by atoms with E-state index in [2.05, 4.69) is 10.3 Å². The number of amides is 1. The van der Waals surface area contributed by atoms with Gasteiger partial charge in [0, 0.05) is 22.8 Å². The molecule has 0 bridgehead atoms. The first-order valence-corrected chi connectivity index (χ1v) is 7.49. The quantitative estimate of drug-likeness (QED) is 0.363. The van der Waals surface area contributed by atoms with Crippen molar-refractivity contribution in [2.24, 2.45) is 0 Å². The first-order chi connectivity index (χ1) is 11.5. The third-order valence-electron chi connectivity index (χ3n) is 3.73. The molecule has 0 atom stereocenters. The lowest BCUT2D eigenvalue weighted by Crippen LogP contribution is -2.12. The van der Waals surface area contributed by atoms with Crippen LogP contribution < -0.4 is 5.32 Å². The fraction of sp³-hybridized carbons (Fsp3) is 0.167. The zero-order valence-electron chi connectivity index (χ0n) is 13.8. The second-order valence-electron chi connectivity index (χ2n) is 5.22. The van der Waals surface area contributed by atoms with E-state index in [1.54, 1.807) is 6.07 Å². The van der Waals surface area contributed by atoms with Crippen LogP contribution in [0.15, 0.2) is 53.3 Å². The van der Waals surface area contributed by atoms with Gasteiger partial charge in [0.15, 0.2) is 0 Å². The van der Waals surface area contributed by atoms with Gasteiger partial charge < -0.3 is 10.3 Å². The van der Waals surface area contributed by atoms with Crippen molar-refractivity contribution in [3.05, 3.63) is 69.1 Å². The Kier molecular flexibility index (Phi) is 5.31. The number of H-pyrrole nitrogens is 1. The molecule has 1 heterocycles. The number of carbonyl (C=O) groups excluding carboxylic acids is 1. The number of nitrogens with zero attached hydrogens (tertiary/aromatic N) is 1. The van der Waals surface area contributed by atoms with Gasteiger partial charge in [0.05, 0.1) is 4.92 Å². The zero-order valence-corrected chi connectivity index (χ0v) is 13.8. The first-order valence-electron chi connectivity index (χ1n) is 7.49. The lowest BCUT2D eigenvalue weighted by atomic mass is 10.0. The number of nitrogens with one attached hydrogen (secondary N) is 2. The van der Waals surface area contributed by atoms with E-state index in [0.717, 1.165) is 22.2 Å². The number of fused-ring (bicyclic) bond motifs is 1. The molecule has 2 N–H and O–H groups in total. The Bertz CT molecular complexity index is 873. The number of non-ortho nitro benzene ring substituents is 1. The van der Waals surface area contributed by atoms with Gasteiger partial charge in [-0.05, 0) is 44.1 Å². The molecule has 24 heavy (non-hydrogen) atoms. The average Bonchev–Trinajstić information content (AvgIpc) is 2.96. The molecule has 1 aromatic heterocycles. The Morgan fingerprint density at radius 3 is 2.62 bits per heavy atom. The van der Waals surface area contributed by atoms with Crippen LogP contribution >= 0.6 is 0 Å². The summed E-state index contributed by atoms with van der Waals surface area (Å²) >= 11 is 0. The lowest BCUT2D eigenvalue weighted by Gasteiger charge is -2.11. The van der Waals surface area contributed by atoms with E-state index in [0.29, 0.717) is 17.6 Å². The van der Waals surface area contributed by atoms with Crippen molar-refractivity contribution in [2.45, 2.75) is 20.8 Å². The van der Waals surface area contributed by atoms with Gasteiger partial charge >= 0.3 is 0 Å². The maximum atomic E-state index is 11.1. The molecule has 2 aromatic rings. The average molecular weight is 325 g/mol. The number of hydrogen-bond donors (Lipinski definition) is 2. The van der Waals surface area contributed by atoms with Crippen LogP contribution in [0, 0.1) is 10.1 Å². The Labute approximate surface area is 139 Å². The number of rotatable bonds is 6. The smallest absolute Gasteiger partial charge is 0.293 e. The summed E-state index contributed by atoms with van der Waals surface area (Å²) in [7, 11) is 0. The monoisotopic (exact) mass is 325 g/mol. The molecular weight excluding hydrogens is 306 g/mol. The number of aromatic amines is 1. The molecular formula is C18H19N3O3. The van der Waals surface area contributed by atoms with Gasteiger partial charge in [0.25, 0.3) is 5.69 Å². The number of nitro benzene ring substituents is 1. The van der Waals surface area contributed by atoms with E-state index in [9.17, 15) is 14.9 Å². The summed E-state index contributed by atoms with van der Waals surface area (Å²) in [6, 6.07) is 6.83. The highest BCUT2D eigenvalue weighted by molar-refractivity contribution is 5.90. The molecule has 0 aliphatic heterocycles. The highest BCUT2D eigenvalue weighted by atomic mass is 16.6. The number of para-hydroxylation sites is 1. The van der Waals surface area contributed by atoms with E-state index < -0.39 is 4.92 Å². The standard InChI is InChI=1S/C18H19N3O3/c1-4-15(16(5-2)19-11-22)12(3)9-14-10-13-7-6-8-17(21(23)24)18(13)20-14/h4-11,20H,1-3H3,(H,19,22)/b12-9+,15-4-,16-5+. The number of aromatic nitrogens is 1. The van der Waals surface area contributed by atoms with E-state index in [-0.39, 0.29) is 5.69 Å². The van der Waals surface area contributed by atoms with Crippen LogP contribution in [0.3, 0.4) is 0 Å². The molecule has 6 nitrogen and oxygen atoms in total. The summed E-state index contributed by atoms with van der Waals surface area (Å²) in [5, 5.41) is 14.6. The molecule has 1 aromatic carbocycles. The normalized spacial score (nSPS) is 13.2. The third-order valence-corrected chi connectivity index (χ3v) is 3.73. The van der Waals surface area contributed by atoms with Gasteiger partial charge in [0.2, 0.25) is 6.41 Å². The predicted octanol–water partition coefficient (Wildman–Crippen LogP) is 4.08. The van der Waals surface area contributed by atoms with Crippen LogP contribution in [-0.4, -0.2) is 16.3 Å². The molecule has 0 aliphatic carbocycles. The molecule has 6 heteroatoms. The van der Waals surface area contributed by atoms with Crippen LogP contribution in [0.1, 0.15) is 26.5 Å². The van der Waals surface area contributed by atoms with E-state index in [4.69, 9.17) is 0 Å². The molecule has 0 saturated heterocycles. The fourth-order valence-corrected chi connectivity index (χ4v) is 2.68. The van der Waals surface area contributed by atoms with Crippen LogP contribution in [-0.2, 0) is 4.79 Å². The molecule has 2 rings (SSSR count). The first kappa shape index (κ1) is 17.2. The molecule has 124 valence electrons. The number of benzene rings is 1. The number of allylic oxidation sites excluding steroid dienone is 3. The molecule has 0 saturated carbocycles. The number of carbonyl (C=O) groups is 1. The van der Waals surface area contributed by atoms with Gasteiger partial charge in [-0.1, -0.05) is 24.3 Å². The lowest BCUT2D eigenvalue weighted by molar-refractivity contribution is -0.383. The summed E-state index contributed by atoms with van der Waals surface area (Å²) < 4.78 is 0. The predicted molar refractivity (Wildman–Crippen MR) is 95.3 cm³/mol. The van der Waals surface area contributed by atoms with Crippen molar-refractivity contribution in [2.75, 3.05) is 0 Å². The van der Waals surface area contributed by atoms with Crippen LogP contribution in [0.2, 0.25) is 0 Å². The van der Waals surface area contributed by atoms with Crippen molar-refractivity contribution in [3.8, 4) is 0 Å². The Morgan fingerprint density at radius 1 is 1.29 bits per heavy atom. The largest absolute Gasteiger partial charge is 0.349 e. The minimum absolute atomic E-state index is 0.0489. The molecule has 0 unspecified atom stereocenters. The third kappa shape index (κ3) is 3.43. The maximum absolute atomic E-state index is 11.1. The molecule has 0 spiro atoms. The Morgan fingerprint density at radius 2 is 2.04 bits per heavy atom. The Hall–Kier alpha value is -3.15. The SMILES string of the molecule is C/C=C(C(/C)=C/c1cc2cccc([N+](=O)[O-])c2[nH]1)\C(=C/C)NC=O. The van der Waals surface area contributed by atoms with Gasteiger partial charge in [-0.2, -0.15) is 0 Å². The van der Waals surface area contributed by atoms with Crippen molar-refractivity contribution >= 4 is 29.1 Å². The maximum Gasteiger partial charge on any atom is 0.293 e. The van der Waals surface area contributed by atoms with Gasteiger partial charge in [0.1, 0.15) is 5.52 Å². The summed E-state index contributed by atoms with van der Waals surface area (Å²) in [6.07, 6.45) is 6.26. The topological polar surface area (TPSA) is 88.0 Å². The van der Waals surface area contributed by atoms with Gasteiger partial charge in [-0.25, -0.2) is 0 Å². The van der Waals surface area contributed by atoms with E-state index in [1.807, 2.05) is 51.1 Å². The summed E-state index contributed by atoms with van der Waals surface area (Å²) in [5.41, 5.74) is 3.83. The molecule has 0 aliphatic rings. The number of hydrogen-bond acceptors (Lipinski definition) is 3. The summed E-state index contributed by atoms with van der Waals surface area (Å²) in [6.45, 7) is 5.65. The highest BCUT2D eigenvalue weighted by Crippen LogP contribution is 2.27. The van der Waals surface area contributed by atoms with Crippen molar-refractivity contribution in [1.82, 2.24) is 10.3 Å². The second-order valence-corrected chi connectivity index (χ2v) is 5.22. The van der Waals surface area contributed by atoms with Crippen LogP contribution in [0.25, 0.3) is 17.0 Å².